The van der Waals surface area contributed by atoms with Gasteiger partial charge in [0.25, 0.3) is 5.56 Å². The monoisotopic (exact) mass is 666 g/mol. The number of nitrogens with zero attached hydrogens (tertiary/aromatic N) is 3. The highest BCUT2D eigenvalue weighted by Gasteiger charge is 2.36. The third-order valence-electron chi connectivity index (χ3n) is 9.32. The summed E-state index contributed by atoms with van der Waals surface area (Å²) in [5.74, 6) is -4.12. The summed E-state index contributed by atoms with van der Waals surface area (Å²) in [7, 11) is 0. The predicted molar refractivity (Wildman–Crippen MR) is 178 cm³/mol. The molecule has 2 heterocycles. The minimum absolute atomic E-state index is 0.0929. The van der Waals surface area contributed by atoms with E-state index in [1.807, 2.05) is 51.7 Å². The number of carboxylic acids is 1. The highest BCUT2D eigenvalue weighted by Crippen LogP contribution is 2.46. The number of likely N-dealkylation sites (tertiary alicyclic amines) is 1. The number of halogens is 3. The van der Waals surface area contributed by atoms with E-state index in [0.717, 1.165) is 34.2 Å². The third-order valence-corrected chi connectivity index (χ3v) is 9.32. The molecule has 2 aliphatic rings. The van der Waals surface area contributed by atoms with Gasteiger partial charge in [0.1, 0.15) is 23.8 Å². The van der Waals surface area contributed by atoms with E-state index in [1.54, 1.807) is 13.0 Å². The summed E-state index contributed by atoms with van der Waals surface area (Å²) in [4.78, 5) is 41.6. The summed E-state index contributed by atoms with van der Waals surface area (Å²) in [6.45, 7) is 12.2. The molecule has 2 atom stereocenters. The van der Waals surface area contributed by atoms with Gasteiger partial charge in [-0.1, -0.05) is 31.5 Å². The van der Waals surface area contributed by atoms with E-state index < -0.39 is 59.3 Å². The molecule has 1 aliphatic heterocycles. The molecule has 8 nitrogen and oxygen atoms in total. The number of carboxylic acid groups (broad SMARTS) is 1. The van der Waals surface area contributed by atoms with Crippen molar-refractivity contribution >= 4 is 11.9 Å². The first-order valence-electron chi connectivity index (χ1n) is 16.7. The van der Waals surface area contributed by atoms with E-state index >= 15 is 8.78 Å². The fraction of sp³-hybridized carbons (Fsp3) is 0.514. The quantitative estimate of drug-likeness (QED) is 0.218. The molecule has 0 bridgehead atoms. The van der Waals surface area contributed by atoms with Crippen LogP contribution in [0.3, 0.4) is 0 Å². The van der Waals surface area contributed by atoms with Gasteiger partial charge in [-0.05, 0) is 93.2 Å². The SMILES string of the molecule is Cc1cc(C)c(-c2cc(C3CC3)c(F)c([C@H](CC(=O)O)NC(=O)[C@H](CC(C)C)n3nc(CCN4CC(F)C4)cc(C)c3=O)c2F)c(C)c1. The Morgan fingerprint density at radius 2 is 1.65 bits per heavy atom. The van der Waals surface area contributed by atoms with Crippen molar-refractivity contribution in [3.05, 3.63) is 85.3 Å². The number of alkyl halides is 1. The summed E-state index contributed by atoms with van der Waals surface area (Å²) < 4.78 is 47.5. The molecule has 5 rings (SSSR count). The number of nitrogens with one attached hydrogen (secondary N) is 1. The zero-order valence-electron chi connectivity index (χ0n) is 28.5. The van der Waals surface area contributed by atoms with Gasteiger partial charge >= 0.3 is 5.97 Å². The van der Waals surface area contributed by atoms with Gasteiger partial charge in [0.15, 0.2) is 0 Å². The van der Waals surface area contributed by atoms with E-state index in [9.17, 15) is 23.9 Å². The molecular formula is C37H45F3N4O4. The zero-order valence-corrected chi connectivity index (χ0v) is 28.5. The van der Waals surface area contributed by atoms with Crippen LogP contribution in [0.1, 0.15) is 96.6 Å². The number of aromatic nitrogens is 2. The summed E-state index contributed by atoms with van der Waals surface area (Å²) in [5.41, 5.74) is 3.54. The molecule has 1 amide bonds. The van der Waals surface area contributed by atoms with Crippen molar-refractivity contribution < 1.29 is 27.9 Å². The van der Waals surface area contributed by atoms with E-state index in [1.165, 1.54) is 6.07 Å². The maximum atomic E-state index is 16.7. The van der Waals surface area contributed by atoms with Crippen molar-refractivity contribution in [3.8, 4) is 11.1 Å². The second-order valence-electron chi connectivity index (χ2n) is 14.1. The molecule has 48 heavy (non-hydrogen) atoms. The molecule has 1 aromatic heterocycles. The van der Waals surface area contributed by atoms with E-state index in [-0.39, 0.29) is 23.8 Å². The lowest BCUT2D eigenvalue weighted by molar-refractivity contribution is -0.138. The van der Waals surface area contributed by atoms with Crippen LogP contribution in [0.2, 0.25) is 0 Å². The first kappa shape index (κ1) is 35.3. The van der Waals surface area contributed by atoms with Gasteiger partial charge in [-0.25, -0.2) is 17.9 Å². The van der Waals surface area contributed by atoms with Crippen LogP contribution in [0.5, 0.6) is 0 Å². The normalized spacial score (nSPS) is 16.5. The van der Waals surface area contributed by atoms with E-state index in [0.29, 0.717) is 48.4 Å². The van der Waals surface area contributed by atoms with Crippen LogP contribution in [-0.2, 0) is 16.0 Å². The molecule has 1 aliphatic carbocycles. The van der Waals surface area contributed by atoms with Gasteiger partial charge < -0.3 is 10.4 Å². The Labute approximate surface area is 279 Å². The number of hydrogen-bond acceptors (Lipinski definition) is 5. The van der Waals surface area contributed by atoms with Gasteiger partial charge in [-0.15, -0.1) is 0 Å². The molecule has 0 radical (unpaired) electrons. The Balaban J connectivity index is 1.56. The van der Waals surface area contributed by atoms with E-state index in [4.69, 9.17) is 0 Å². The lowest BCUT2D eigenvalue weighted by Gasteiger charge is -2.34. The van der Waals surface area contributed by atoms with Gasteiger partial charge in [0.2, 0.25) is 5.91 Å². The highest BCUT2D eigenvalue weighted by molar-refractivity contribution is 5.82. The number of aliphatic carboxylic acids is 1. The standard InChI is InChI=1S/C37H45F3N4O4/c1-19(2)11-30(44-37(48)23(6)14-26(42-44)9-10-43-17-25(38)18-43)36(47)41-29(16-31(45)46)33-34(39)27(24-7-8-24)15-28(35(33)40)32-21(4)12-20(3)13-22(32)5/h12-15,19,24-25,29-30H,7-11,16-18H2,1-6H3,(H,41,47)(H,45,46)/t29-,30-/m0/s1. The van der Waals surface area contributed by atoms with Gasteiger partial charge in [0, 0.05) is 42.7 Å². The largest absolute Gasteiger partial charge is 0.481 e. The zero-order chi connectivity index (χ0) is 35.0. The number of carbonyl (C=O) groups is 2. The first-order chi connectivity index (χ1) is 22.6. The molecule has 0 spiro atoms. The van der Waals surface area contributed by atoms with Crippen LogP contribution in [0, 0.1) is 45.2 Å². The van der Waals surface area contributed by atoms with Crippen LogP contribution in [0.4, 0.5) is 13.2 Å². The predicted octanol–water partition coefficient (Wildman–Crippen LogP) is 6.42. The van der Waals surface area contributed by atoms with Crippen molar-refractivity contribution in [2.24, 2.45) is 5.92 Å². The fourth-order valence-electron chi connectivity index (χ4n) is 6.90. The Hall–Kier alpha value is -3.99. The lowest BCUT2D eigenvalue weighted by Crippen LogP contribution is -2.49. The van der Waals surface area contributed by atoms with E-state index in [2.05, 4.69) is 10.4 Å². The summed E-state index contributed by atoms with van der Waals surface area (Å²) in [5, 5.41) is 17.1. The third kappa shape index (κ3) is 7.66. The molecule has 1 saturated carbocycles. The molecule has 258 valence electrons. The van der Waals surface area contributed by atoms with Crippen LogP contribution in [0.25, 0.3) is 11.1 Å². The molecule has 2 N–H and O–H groups in total. The maximum absolute atomic E-state index is 16.7. The summed E-state index contributed by atoms with van der Waals surface area (Å²) >= 11 is 0. The molecule has 2 aromatic carbocycles. The molecule has 2 fully saturated rings. The second-order valence-corrected chi connectivity index (χ2v) is 14.1. The fourth-order valence-corrected chi connectivity index (χ4v) is 6.90. The molecular weight excluding hydrogens is 621 g/mol. The average Bonchev–Trinajstić information content (AvgIpc) is 3.81. The number of amides is 1. The minimum atomic E-state index is -1.56. The van der Waals surface area contributed by atoms with Crippen molar-refractivity contribution in [2.45, 2.75) is 97.8 Å². The van der Waals surface area contributed by atoms with Crippen molar-refractivity contribution in [1.29, 1.82) is 0 Å². The number of benzene rings is 2. The average molecular weight is 667 g/mol. The van der Waals surface area contributed by atoms with Crippen LogP contribution in [0.15, 0.2) is 29.1 Å². The summed E-state index contributed by atoms with van der Waals surface area (Å²) in [6, 6.07) is 4.27. The van der Waals surface area contributed by atoms with Crippen molar-refractivity contribution in [2.75, 3.05) is 19.6 Å². The van der Waals surface area contributed by atoms with Crippen LogP contribution < -0.4 is 10.9 Å². The number of hydrogen-bond donors (Lipinski definition) is 2. The Morgan fingerprint density at radius 1 is 1.00 bits per heavy atom. The van der Waals surface area contributed by atoms with Gasteiger partial charge in [-0.2, -0.15) is 5.10 Å². The van der Waals surface area contributed by atoms with Gasteiger partial charge in [-0.3, -0.25) is 19.3 Å². The Bertz CT molecular complexity index is 1760. The van der Waals surface area contributed by atoms with Crippen molar-refractivity contribution in [3.63, 3.8) is 0 Å². The van der Waals surface area contributed by atoms with Crippen molar-refractivity contribution in [1.82, 2.24) is 20.0 Å². The summed E-state index contributed by atoms with van der Waals surface area (Å²) in [6.07, 6.45) is 0.396. The topological polar surface area (TPSA) is 105 Å². The molecule has 1 saturated heterocycles. The highest BCUT2D eigenvalue weighted by atomic mass is 19.1. The van der Waals surface area contributed by atoms with Crippen LogP contribution >= 0.6 is 0 Å². The number of aryl methyl sites for hydroxylation is 4. The lowest BCUT2D eigenvalue weighted by atomic mass is 9.87. The Kier molecular flexibility index (Phi) is 10.5. The number of carbonyl (C=O) groups excluding carboxylic acids is 1. The molecule has 0 unspecified atom stereocenters. The second kappa shape index (κ2) is 14.2. The maximum Gasteiger partial charge on any atom is 0.305 e. The first-order valence-corrected chi connectivity index (χ1v) is 16.7. The molecule has 3 aromatic rings. The van der Waals surface area contributed by atoms with Crippen LogP contribution in [-0.4, -0.2) is 57.5 Å². The smallest absolute Gasteiger partial charge is 0.305 e. The number of rotatable bonds is 13. The minimum Gasteiger partial charge on any atom is -0.481 e. The Morgan fingerprint density at radius 3 is 2.21 bits per heavy atom. The molecule has 11 heteroatoms. The van der Waals surface area contributed by atoms with Gasteiger partial charge in [0.05, 0.1) is 18.2 Å².